The van der Waals surface area contributed by atoms with Crippen LogP contribution in [0, 0.1) is 0 Å². The summed E-state index contributed by atoms with van der Waals surface area (Å²) >= 11 is 0. The van der Waals surface area contributed by atoms with E-state index in [1.807, 2.05) is 30.3 Å². The predicted octanol–water partition coefficient (Wildman–Crippen LogP) is 2.06. The first kappa shape index (κ1) is 17.1. The highest BCUT2D eigenvalue weighted by Gasteiger charge is 2.32. The number of aromatic nitrogens is 2. The number of hydrogen-bond acceptors (Lipinski definition) is 6. The van der Waals surface area contributed by atoms with E-state index in [0.29, 0.717) is 31.2 Å². The normalized spacial score (nSPS) is 19.8. The minimum Gasteiger partial charge on any atom is -0.424 e. The van der Waals surface area contributed by atoms with E-state index in [4.69, 9.17) is 4.42 Å². The quantitative estimate of drug-likeness (QED) is 0.761. The highest BCUT2D eigenvalue weighted by molar-refractivity contribution is 7.91. The Morgan fingerprint density at radius 1 is 1.21 bits per heavy atom. The minimum absolute atomic E-state index is 0.0550. The average molecular weight is 349 g/mol. The van der Waals surface area contributed by atoms with E-state index in [1.54, 1.807) is 0 Å². The van der Waals surface area contributed by atoms with Gasteiger partial charge in [0.25, 0.3) is 0 Å². The highest BCUT2D eigenvalue weighted by atomic mass is 32.2. The fourth-order valence-corrected chi connectivity index (χ4v) is 4.87. The van der Waals surface area contributed by atoms with Crippen molar-refractivity contribution in [2.45, 2.75) is 38.8 Å². The molecule has 130 valence electrons. The second kappa shape index (κ2) is 7.44. The standard InChI is InChI=1S/C17H23N3O3S/c1-2-9-20(15-8-10-24(21,22)13-15)12-17-19-18-16(23-17)11-14-6-4-3-5-7-14/h3-7,15H,2,8-13H2,1H3. The van der Waals surface area contributed by atoms with Gasteiger partial charge in [-0.2, -0.15) is 0 Å². The van der Waals surface area contributed by atoms with Gasteiger partial charge in [0.1, 0.15) is 0 Å². The molecule has 0 bridgehead atoms. The number of benzene rings is 1. The van der Waals surface area contributed by atoms with Crippen LogP contribution in [-0.2, 0) is 22.8 Å². The first-order chi connectivity index (χ1) is 11.6. The zero-order chi connectivity index (χ0) is 17.0. The lowest BCUT2D eigenvalue weighted by Gasteiger charge is -2.25. The minimum atomic E-state index is -2.89. The van der Waals surface area contributed by atoms with Crippen LogP contribution in [0.1, 0.15) is 37.1 Å². The van der Waals surface area contributed by atoms with Crippen LogP contribution in [0.5, 0.6) is 0 Å². The third kappa shape index (κ3) is 4.42. The molecule has 0 N–H and O–H groups in total. The van der Waals surface area contributed by atoms with Gasteiger partial charge in [-0.15, -0.1) is 10.2 Å². The predicted molar refractivity (Wildman–Crippen MR) is 91.3 cm³/mol. The second-order valence-corrected chi connectivity index (χ2v) is 8.51. The molecule has 1 saturated heterocycles. The maximum absolute atomic E-state index is 11.7. The SMILES string of the molecule is CCCN(Cc1nnc(Cc2ccccc2)o1)C1CCS(=O)(=O)C1. The molecule has 1 aromatic carbocycles. The molecular weight excluding hydrogens is 326 g/mol. The van der Waals surface area contributed by atoms with E-state index in [0.717, 1.165) is 18.5 Å². The van der Waals surface area contributed by atoms with Crippen molar-refractivity contribution in [3.63, 3.8) is 0 Å². The number of sulfone groups is 1. The molecule has 0 saturated carbocycles. The number of rotatable bonds is 7. The molecule has 1 unspecified atom stereocenters. The summed E-state index contributed by atoms with van der Waals surface area (Å²) in [5, 5.41) is 8.25. The van der Waals surface area contributed by atoms with E-state index in [1.165, 1.54) is 0 Å². The highest BCUT2D eigenvalue weighted by Crippen LogP contribution is 2.20. The number of nitrogens with zero attached hydrogens (tertiary/aromatic N) is 3. The third-order valence-corrected chi connectivity index (χ3v) is 6.03. The summed E-state index contributed by atoms with van der Waals surface area (Å²) in [6.07, 6.45) is 2.26. The summed E-state index contributed by atoms with van der Waals surface area (Å²) in [6, 6.07) is 10.0. The molecule has 0 aliphatic carbocycles. The van der Waals surface area contributed by atoms with Gasteiger partial charge < -0.3 is 4.42 Å². The molecule has 1 aliphatic rings. The van der Waals surface area contributed by atoms with Crippen molar-refractivity contribution in [1.82, 2.24) is 15.1 Å². The van der Waals surface area contributed by atoms with Crippen LogP contribution in [-0.4, -0.2) is 47.6 Å². The molecule has 7 heteroatoms. The van der Waals surface area contributed by atoms with Crippen molar-refractivity contribution in [1.29, 1.82) is 0 Å². The maximum atomic E-state index is 11.7. The molecule has 24 heavy (non-hydrogen) atoms. The van der Waals surface area contributed by atoms with Crippen LogP contribution in [0.2, 0.25) is 0 Å². The van der Waals surface area contributed by atoms with E-state index in [9.17, 15) is 8.42 Å². The van der Waals surface area contributed by atoms with Gasteiger partial charge in [0, 0.05) is 6.04 Å². The molecule has 1 fully saturated rings. The van der Waals surface area contributed by atoms with Crippen LogP contribution >= 0.6 is 0 Å². The van der Waals surface area contributed by atoms with Crippen molar-refractivity contribution in [2.24, 2.45) is 0 Å². The molecule has 2 aromatic rings. The Morgan fingerprint density at radius 2 is 1.96 bits per heavy atom. The fourth-order valence-electron chi connectivity index (χ4n) is 3.11. The van der Waals surface area contributed by atoms with E-state index < -0.39 is 9.84 Å². The van der Waals surface area contributed by atoms with Gasteiger partial charge in [0.05, 0.1) is 24.5 Å². The molecule has 1 atom stereocenters. The van der Waals surface area contributed by atoms with Gasteiger partial charge in [-0.25, -0.2) is 8.42 Å². The van der Waals surface area contributed by atoms with Crippen LogP contribution in [0.3, 0.4) is 0 Å². The first-order valence-corrected chi connectivity index (χ1v) is 10.2. The van der Waals surface area contributed by atoms with Crippen molar-refractivity contribution in [3.8, 4) is 0 Å². The van der Waals surface area contributed by atoms with E-state index >= 15 is 0 Å². The molecule has 0 amide bonds. The van der Waals surface area contributed by atoms with Crippen LogP contribution in [0.25, 0.3) is 0 Å². The Labute approximate surface area is 142 Å². The molecule has 0 radical (unpaired) electrons. The molecule has 1 aromatic heterocycles. The van der Waals surface area contributed by atoms with Gasteiger partial charge in [0.15, 0.2) is 9.84 Å². The van der Waals surface area contributed by atoms with Crippen LogP contribution < -0.4 is 0 Å². The Morgan fingerprint density at radius 3 is 2.62 bits per heavy atom. The topological polar surface area (TPSA) is 76.3 Å². The zero-order valence-corrected chi connectivity index (χ0v) is 14.7. The summed E-state index contributed by atoms with van der Waals surface area (Å²) in [6.45, 7) is 3.43. The monoisotopic (exact) mass is 349 g/mol. The average Bonchev–Trinajstić information content (AvgIpc) is 3.14. The largest absolute Gasteiger partial charge is 0.424 e. The second-order valence-electron chi connectivity index (χ2n) is 6.28. The van der Waals surface area contributed by atoms with Crippen LogP contribution in [0.4, 0.5) is 0 Å². The Hall–Kier alpha value is -1.73. The van der Waals surface area contributed by atoms with E-state index in [-0.39, 0.29) is 17.5 Å². The molecule has 0 spiro atoms. The lowest BCUT2D eigenvalue weighted by molar-refractivity contribution is 0.184. The maximum Gasteiger partial charge on any atom is 0.230 e. The molecule has 6 nitrogen and oxygen atoms in total. The molecule has 1 aliphatic heterocycles. The Balaban J connectivity index is 1.65. The molecule has 2 heterocycles. The van der Waals surface area contributed by atoms with Gasteiger partial charge in [-0.3, -0.25) is 4.90 Å². The van der Waals surface area contributed by atoms with Crippen molar-refractivity contribution in [2.75, 3.05) is 18.1 Å². The van der Waals surface area contributed by atoms with Gasteiger partial charge in [-0.1, -0.05) is 37.3 Å². The Kier molecular flexibility index (Phi) is 5.30. The summed E-state index contributed by atoms with van der Waals surface area (Å²) in [4.78, 5) is 2.16. The van der Waals surface area contributed by atoms with Gasteiger partial charge >= 0.3 is 0 Å². The van der Waals surface area contributed by atoms with Crippen molar-refractivity contribution in [3.05, 3.63) is 47.7 Å². The summed E-state index contributed by atoms with van der Waals surface area (Å²) in [5.41, 5.74) is 1.13. The summed E-state index contributed by atoms with van der Waals surface area (Å²) in [5.74, 6) is 1.66. The molecular formula is C17H23N3O3S. The van der Waals surface area contributed by atoms with E-state index in [2.05, 4.69) is 22.0 Å². The molecule has 3 rings (SSSR count). The fraction of sp³-hybridized carbons (Fsp3) is 0.529. The lowest BCUT2D eigenvalue weighted by Crippen LogP contribution is -2.36. The van der Waals surface area contributed by atoms with Gasteiger partial charge in [-0.05, 0) is 24.9 Å². The lowest BCUT2D eigenvalue weighted by atomic mass is 10.2. The first-order valence-electron chi connectivity index (χ1n) is 8.35. The Bertz CT molecular complexity index is 758. The van der Waals surface area contributed by atoms with Crippen LogP contribution in [0.15, 0.2) is 34.7 Å². The number of hydrogen-bond donors (Lipinski definition) is 0. The summed E-state index contributed by atoms with van der Waals surface area (Å²) < 4.78 is 29.2. The van der Waals surface area contributed by atoms with Gasteiger partial charge in [0.2, 0.25) is 11.8 Å². The van der Waals surface area contributed by atoms with Crippen molar-refractivity contribution < 1.29 is 12.8 Å². The zero-order valence-electron chi connectivity index (χ0n) is 13.9. The summed E-state index contributed by atoms with van der Waals surface area (Å²) in [7, 11) is -2.89. The third-order valence-electron chi connectivity index (χ3n) is 4.28. The smallest absolute Gasteiger partial charge is 0.230 e. The van der Waals surface area contributed by atoms with Crippen molar-refractivity contribution >= 4 is 9.84 Å².